The minimum Gasteiger partial charge on any atom is -0.371 e. The number of aromatic nitrogens is 3. The Balaban J connectivity index is 2.17. The van der Waals surface area contributed by atoms with Gasteiger partial charge in [0, 0.05) is 6.20 Å². The monoisotopic (exact) mass is 243 g/mol. The molecule has 3 heterocycles. The van der Waals surface area contributed by atoms with Crippen molar-refractivity contribution in [2.45, 2.75) is 18.8 Å². The predicted molar refractivity (Wildman–Crippen MR) is 52.3 cm³/mol. The van der Waals surface area contributed by atoms with Crippen molar-refractivity contribution in [2.75, 3.05) is 6.61 Å². The smallest absolute Gasteiger partial charge is 0.371 e. The van der Waals surface area contributed by atoms with E-state index in [0.717, 1.165) is 4.57 Å². The second-order valence-corrected chi connectivity index (χ2v) is 3.86. The highest BCUT2D eigenvalue weighted by atomic mass is 19.4. The van der Waals surface area contributed by atoms with Gasteiger partial charge in [-0.1, -0.05) is 0 Å². The van der Waals surface area contributed by atoms with Gasteiger partial charge < -0.3 is 9.30 Å². The van der Waals surface area contributed by atoms with E-state index in [0.29, 0.717) is 17.6 Å². The fourth-order valence-electron chi connectivity index (χ4n) is 1.75. The lowest BCUT2D eigenvalue weighted by molar-refractivity contribution is -0.147. The van der Waals surface area contributed by atoms with Crippen LogP contribution in [0.5, 0.6) is 0 Å². The molecule has 90 valence electrons. The average Bonchev–Trinajstić information content (AvgIpc) is 2.98. The number of ether oxygens (including phenoxy) is 1. The van der Waals surface area contributed by atoms with Crippen LogP contribution in [0, 0.1) is 0 Å². The van der Waals surface area contributed by atoms with E-state index in [9.17, 15) is 13.2 Å². The van der Waals surface area contributed by atoms with Crippen molar-refractivity contribution in [2.24, 2.45) is 0 Å². The first-order valence-electron chi connectivity index (χ1n) is 5.05. The summed E-state index contributed by atoms with van der Waals surface area (Å²) < 4.78 is 44.5. The van der Waals surface area contributed by atoms with Crippen LogP contribution in [0.15, 0.2) is 18.5 Å². The van der Waals surface area contributed by atoms with Crippen molar-refractivity contribution in [3.63, 3.8) is 0 Å². The van der Waals surface area contributed by atoms with Crippen LogP contribution in [0.2, 0.25) is 0 Å². The number of hydrogen-bond acceptors (Lipinski definition) is 3. The molecule has 1 atom stereocenters. The van der Waals surface area contributed by atoms with Gasteiger partial charge in [0.15, 0.2) is 0 Å². The van der Waals surface area contributed by atoms with Gasteiger partial charge in [-0.2, -0.15) is 13.2 Å². The number of epoxide rings is 1. The number of rotatable bonds is 2. The fourth-order valence-corrected chi connectivity index (χ4v) is 1.75. The molecule has 1 saturated heterocycles. The number of pyridine rings is 1. The minimum absolute atomic E-state index is 0.145. The number of nitrogens with zero attached hydrogens (tertiary/aromatic N) is 3. The van der Waals surface area contributed by atoms with E-state index in [-0.39, 0.29) is 12.6 Å². The zero-order chi connectivity index (χ0) is 12.0. The number of fused-ring (bicyclic) bond motifs is 1. The van der Waals surface area contributed by atoms with Crippen LogP contribution in [-0.4, -0.2) is 27.2 Å². The first kappa shape index (κ1) is 10.5. The fraction of sp³-hybridized carbons (Fsp3) is 0.400. The molecule has 2 aromatic heterocycles. The molecule has 7 heteroatoms. The van der Waals surface area contributed by atoms with Crippen molar-refractivity contribution in [1.82, 2.24) is 14.5 Å². The lowest BCUT2D eigenvalue weighted by Gasteiger charge is -2.09. The van der Waals surface area contributed by atoms with Crippen molar-refractivity contribution in [3.05, 3.63) is 24.3 Å². The Bertz CT molecular complexity index is 559. The van der Waals surface area contributed by atoms with Gasteiger partial charge in [0.2, 0.25) is 5.82 Å². The molecule has 2 aromatic rings. The first-order chi connectivity index (χ1) is 8.05. The first-order valence-corrected chi connectivity index (χ1v) is 5.05. The van der Waals surface area contributed by atoms with Crippen LogP contribution in [0.4, 0.5) is 13.2 Å². The molecule has 0 amide bonds. The topological polar surface area (TPSA) is 43.2 Å². The summed E-state index contributed by atoms with van der Waals surface area (Å²) in [6, 6.07) is 1.47. The van der Waals surface area contributed by atoms with Gasteiger partial charge in [0.25, 0.3) is 0 Å². The van der Waals surface area contributed by atoms with Gasteiger partial charge in [-0.15, -0.1) is 0 Å². The molecule has 1 aliphatic rings. The summed E-state index contributed by atoms with van der Waals surface area (Å²) in [5, 5.41) is 0. The number of hydrogen-bond donors (Lipinski definition) is 0. The van der Waals surface area contributed by atoms with Crippen LogP contribution >= 0.6 is 0 Å². The summed E-state index contributed by atoms with van der Waals surface area (Å²) in [6.45, 7) is 0.661. The quantitative estimate of drug-likeness (QED) is 0.756. The van der Waals surface area contributed by atoms with Gasteiger partial charge in [0.05, 0.1) is 36.5 Å². The highest BCUT2D eigenvalue weighted by Crippen LogP contribution is 2.32. The second kappa shape index (κ2) is 3.43. The van der Waals surface area contributed by atoms with Crippen molar-refractivity contribution in [1.29, 1.82) is 0 Å². The van der Waals surface area contributed by atoms with E-state index in [1.54, 1.807) is 0 Å². The molecule has 0 N–H and O–H groups in total. The van der Waals surface area contributed by atoms with Crippen LogP contribution in [0.25, 0.3) is 11.0 Å². The number of alkyl halides is 3. The largest absolute Gasteiger partial charge is 0.449 e. The Morgan fingerprint density at radius 2 is 2.24 bits per heavy atom. The Morgan fingerprint density at radius 3 is 2.88 bits per heavy atom. The molecule has 4 nitrogen and oxygen atoms in total. The maximum atomic E-state index is 12.8. The molecule has 0 radical (unpaired) electrons. The second-order valence-electron chi connectivity index (χ2n) is 3.86. The summed E-state index contributed by atoms with van der Waals surface area (Å²) in [6.07, 6.45) is -1.80. The molecule has 0 saturated carbocycles. The van der Waals surface area contributed by atoms with E-state index >= 15 is 0 Å². The van der Waals surface area contributed by atoms with Crippen LogP contribution in [-0.2, 0) is 17.5 Å². The molecule has 0 spiro atoms. The maximum Gasteiger partial charge on any atom is 0.449 e. The molecule has 0 aromatic carbocycles. The van der Waals surface area contributed by atoms with Crippen LogP contribution in [0.1, 0.15) is 5.82 Å². The van der Waals surface area contributed by atoms with E-state index in [4.69, 9.17) is 4.74 Å². The van der Waals surface area contributed by atoms with E-state index in [1.807, 2.05) is 0 Å². The lowest BCUT2D eigenvalue weighted by Crippen LogP contribution is -2.17. The van der Waals surface area contributed by atoms with Crippen molar-refractivity contribution < 1.29 is 17.9 Å². The molecule has 1 aliphatic heterocycles. The molecule has 17 heavy (non-hydrogen) atoms. The Labute approximate surface area is 94.0 Å². The number of halogens is 3. The molecule has 3 rings (SSSR count). The van der Waals surface area contributed by atoms with E-state index in [1.165, 1.54) is 18.5 Å². The molecule has 1 unspecified atom stereocenters. The minimum atomic E-state index is -4.46. The Morgan fingerprint density at radius 1 is 1.47 bits per heavy atom. The van der Waals surface area contributed by atoms with Crippen LogP contribution in [0.3, 0.4) is 0 Å². The molecular weight excluding hydrogens is 235 g/mol. The molecule has 0 bridgehead atoms. The zero-order valence-corrected chi connectivity index (χ0v) is 8.61. The lowest BCUT2D eigenvalue weighted by atomic mass is 10.4. The van der Waals surface area contributed by atoms with E-state index < -0.39 is 12.0 Å². The molecule has 0 aliphatic carbocycles. The third-order valence-corrected chi connectivity index (χ3v) is 2.59. The Hall–Kier alpha value is -1.63. The normalized spacial score (nSPS) is 19.8. The third kappa shape index (κ3) is 1.86. The number of imidazole rings is 1. The van der Waals surface area contributed by atoms with Gasteiger partial charge >= 0.3 is 6.18 Å². The predicted octanol–water partition coefficient (Wildman–Crippen LogP) is 1.85. The van der Waals surface area contributed by atoms with Gasteiger partial charge in [-0.3, -0.25) is 4.98 Å². The highest BCUT2D eigenvalue weighted by molar-refractivity contribution is 5.74. The summed E-state index contributed by atoms with van der Waals surface area (Å²) in [4.78, 5) is 7.43. The van der Waals surface area contributed by atoms with Crippen molar-refractivity contribution in [3.8, 4) is 0 Å². The van der Waals surface area contributed by atoms with E-state index in [2.05, 4.69) is 9.97 Å². The van der Waals surface area contributed by atoms with Crippen molar-refractivity contribution >= 4 is 11.0 Å². The summed E-state index contributed by atoms with van der Waals surface area (Å²) in [5.74, 6) is -0.893. The van der Waals surface area contributed by atoms with Gasteiger partial charge in [0.1, 0.15) is 0 Å². The highest BCUT2D eigenvalue weighted by Gasteiger charge is 2.39. The average molecular weight is 243 g/mol. The molecule has 1 fully saturated rings. The standard InChI is InChI=1S/C10H8F3N3O/c11-10(12,13)9-15-7-1-2-14-3-8(7)16(9)4-6-5-17-6/h1-3,6H,4-5H2. The van der Waals surface area contributed by atoms with Crippen LogP contribution < -0.4 is 0 Å². The summed E-state index contributed by atoms with van der Waals surface area (Å²) in [5.41, 5.74) is 0.684. The zero-order valence-electron chi connectivity index (χ0n) is 8.61. The molecular formula is C10H8F3N3O. The summed E-state index contributed by atoms with van der Waals surface area (Å²) in [7, 11) is 0. The van der Waals surface area contributed by atoms with Gasteiger partial charge in [-0.25, -0.2) is 4.98 Å². The third-order valence-electron chi connectivity index (χ3n) is 2.59. The SMILES string of the molecule is FC(F)(F)c1nc2ccncc2n1CC1CO1. The summed E-state index contributed by atoms with van der Waals surface area (Å²) >= 11 is 0. The van der Waals surface area contributed by atoms with Gasteiger partial charge in [-0.05, 0) is 6.07 Å². The Kier molecular flexibility index (Phi) is 2.12. The maximum absolute atomic E-state index is 12.8.